The van der Waals surface area contributed by atoms with Crippen LogP contribution in [0.5, 0.6) is 5.75 Å². The van der Waals surface area contributed by atoms with Crippen molar-refractivity contribution < 1.29 is 22.7 Å². The first-order chi connectivity index (χ1) is 16.5. The Morgan fingerprint density at radius 1 is 1.11 bits per heavy atom. The van der Waals surface area contributed by atoms with E-state index in [-0.39, 0.29) is 37.7 Å². The van der Waals surface area contributed by atoms with Crippen molar-refractivity contribution in [2.45, 2.75) is 39.3 Å². The molecule has 2 rings (SSSR count). The van der Waals surface area contributed by atoms with E-state index < -0.39 is 16.1 Å². The Morgan fingerprint density at radius 3 is 2.31 bits per heavy atom. The van der Waals surface area contributed by atoms with Gasteiger partial charge in [0.1, 0.15) is 11.8 Å². The molecule has 192 valence electrons. The largest absolute Gasteiger partial charge is 0.497 e. The van der Waals surface area contributed by atoms with E-state index in [4.69, 9.17) is 27.9 Å². The van der Waals surface area contributed by atoms with Crippen molar-refractivity contribution in [3.05, 3.63) is 58.1 Å². The summed E-state index contributed by atoms with van der Waals surface area (Å²) >= 11 is 12.3. The zero-order valence-corrected chi connectivity index (χ0v) is 22.6. The van der Waals surface area contributed by atoms with Gasteiger partial charge in [0, 0.05) is 36.1 Å². The molecule has 0 aliphatic carbocycles. The molecule has 0 saturated carbocycles. The van der Waals surface area contributed by atoms with E-state index in [2.05, 4.69) is 5.32 Å². The van der Waals surface area contributed by atoms with Crippen molar-refractivity contribution >= 4 is 50.7 Å². The van der Waals surface area contributed by atoms with E-state index in [9.17, 15) is 18.0 Å². The molecule has 0 aromatic heterocycles. The van der Waals surface area contributed by atoms with Gasteiger partial charge in [-0.2, -0.15) is 0 Å². The average Bonchev–Trinajstić information content (AvgIpc) is 2.80. The number of carbonyl (C=O) groups is 2. The minimum atomic E-state index is -3.58. The second-order valence-electron chi connectivity index (χ2n) is 7.96. The van der Waals surface area contributed by atoms with Gasteiger partial charge in [-0.3, -0.25) is 13.9 Å². The predicted octanol–water partition coefficient (Wildman–Crippen LogP) is 4.10. The summed E-state index contributed by atoms with van der Waals surface area (Å²) in [4.78, 5) is 27.2. The number of benzene rings is 2. The van der Waals surface area contributed by atoms with Crippen LogP contribution >= 0.6 is 23.2 Å². The monoisotopic (exact) mass is 543 g/mol. The predicted molar refractivity (Wildman–Crippen MR) is 140 cm³/mol. The zero-order chi connectivity index (χ0) is 26.2. The molecular weight excluding hydrogens is 513 g/mol. The number of rotatable bonds is 12. The number of ether oxygens (including phenoxy) is 1. The highest BCUT2D eigenvalue weighted by atomic mass is 35.5. The Morgan fingerprint density at radius 2 is 1.77 bits per heavy atom. The number of carbonyl (C=O) groups excluding carboxylic acids is 2. The van der Waals surface area contributed by atoms with Crippen LogP contribution in [0.3, 0.4) is 0 Å². The number of hydrogen-bond acceptors (Lipinski definition) is 5. The molecule has 0 saturated heterocycles. The molecule has 0 aliphatic heterocycles. The first-order valence-corrected chi connectivity index (χ1v) is 13.7. The summed E-state index contributed by atoms with van der Waals surface area (Å²) in [7, 11) is -2.05. The van der Waals surface area contributed by atoms with Crippen molar-refractivity contribution in [2.24, 2.45) is 0 Å². The maximum absolute atomic E-state index is 13.2. The molecule has 1 atom stereocenters. The van der Waals surface area contributed by atoms with E-state index in [1.54, 1.807) is 56.3 Å². The van der Waals surface area contributed by atoms with Gasteiger partial charge in [-0.25, -0.2) is 8.42 Å². The summed E-state index contributed by atoms with van der Waals surface area (Å²) in [6.45, 7) is 4.08. The lowest BCUT2D eigenvalue weighted by Crippen LogP contribution is -2.47. The fraction of sp³-hybridized carbons (Fsp3) is 0.417. The molecule has 0 unspecified atom stereocenters. The van der Waals surface area contributed by atoms with Crippen LogP contribution in [0.4, 0.5) is 5.69 Å². The van der Waals surface area contributed by atoms with Crippen molar-refractivity contribution in [1.82, 2.24) is 10.2 Å². The second kappa shape index (κ2) is 13.0. The van der Waals surface area contributed by atoms with Gasteiger partial charge in [0.05, 0.1) is 19.1 Å². The van der Waals surface area contributed by atoms with Gasteiger partial charge in [0.15, 0.2) is 0 Å². The van der Waals surface area contributed by atoms with Gasteiger partial charge in [-0.1, -0.05) is 29.3 Å². The first-order valence-electron chi connectivity index (χ1n) is 11.1. The second-order valence-corrected chi connectivity index (χ2v) is 10.7. The Labute approximate surface area is 217 Å². The maximum atomic E-state index is 13.2. The van der Waals surface area contributed by atoms with Crippen LogP contribution in [-0.4, -0.2) is 57.6 Å². The molecule has 2 amide bonds. The van der Waals surface area contributed by atoms with Crippen molar-refractivity contribution in [3.63, 3.8) is 0 Å². The molecule has 0 spiro atoms. The van der Waals surface area contributed by atoms with Gasteiger partial charge in [-0.15, -0.1) is 0 Å². The third-order valence-corrected chi connectivity index (χ3v) is 7.17. The van der Waals surface area contributed by atoms with E-state index in [1.807, 2.05) is 0 Å². The molecule has 0 aliphatic rings. The highest BCUT2D eigenvalue weighted by Crippen LogP contribution is 2.25. The summed E-state index contributed by atoms with van der Waals surface area (Å²) < 4.78 is 31.2. The van der Waals surface area contributed by atoms with Crippen molar-refractivity contribution in [1.29, 1.82) is 0 Å². The summed E-state index contributed by atoms with van der Waals surface area (Å²) in [5.74, 6) is 0.0214. The zero-order valence-electron chi connectivity index (χ0n) is 20.3. The number of amides is 2. The van der Waals surface area contributed by atoms with Crippen LogP contribution in [0.2, 0.25) is 10.0 Å². The van der Waals surface area contributed by atoms with E-state index in [0.29, 0.717) is 33.6 Å². The van der Waals surface area contributed by atoms with Crippen molar-refractivity contribution in [2.75, 3.05) is 30.8 Å². The van der Waals surface area contributed by atoms with Crippen LogP contribution in [0, 0.1) is 0 Å². The van der Waals surface area contributed by atoms with E-state index in [1.165, 1.54) is 16.3 Å². The van der Waals surface area contributed by atoms with Crippen LogP contribution in [0.1, 0.15) is 32.3 Å². The van der Waals surface area contributed by atoms with Gasteiger partial charge in [0.25, 0.3) is 0 Å². The molecule has 0 bridgehead atoms. The number of methoxy groups -OCH3 is 1. The number of halogens is 2. The molecule has 0 heterocycles. The Kier molecular flexibility index (Phi) is 10.7. The third-order valence-electron chi connectivity index (χ3n) is 5.39. The summed E-state index contributed by atoms with van der Waals surface area (Å²) in [5.41, 5.74) is 1.12. The lowest BCUT2D eigenvalue weighted by atomic mass is 10.1. The fourth-order valence-corrected chi connectivity index (χ4v) is 4.92. The topological polar surface area (TPSA) is 96.0 Å². The molecule has 35 heavy (non-hydrogen) atoms. The minimum absolute atomic E-state index is 0.0388. The minimum Gasteiger partial charge on any atom is -0.497 e. The molecule has 1 N–H and O–H groups in total. The molecule has 2 aromatic rings. The lowest BCUT2D eigenvalue weighted by molar-refractivity contribution is -0.140. The van der Waals surface area contributed by atoms with Crippen LogP contribution in [-0.2, 0) is 26.2 Å². The number of sulfonamides is 1. The molecule has 8 nitrogen and oxygen atoms in total. The highest BCUT2D eigenvalue weighted by Gasteiger charge is 2.27. The summed E-state index contributed by atoms with van der Waals surface area (Å²) in [6.07, 6.45) is 1.41. The molecule has 2 aromatic carbocycles. The molecule has 0 radical (unpaired) electrons. The standard InChI is InChI=1S/C24H31Cl2N3O5S/c1-5-27-24(31)17(2)28(16-18-8-9-19(25)15-22(18)26)23(30)7-6-14-29(35(4,32)33)20-10-12-21(34-3)13-11-20/h8-13,15,17H,5-7,14,16H2,1-4H3,(H,27,31)/t17-/m1/s1. The molecule has 11 heteroatoms. The SMILES string of the molecule is CCNC(=O)[C@@H](C)N(Cc1ccc(Cl)cc1Cl)C(=O)CCCN(c1ccc(OC)cc1)S(C)(=O)=O. The quantitative estimate of drug-likeness (QED) is 0.434. The normalized spacial score (nSPS) is 12.1. The number of anilines is 1. The number of nitrogens with one attached hydrogen (secondary N) is 1. The fourth-order valence-electron chi connectivity index (χ4n) is 3.49. The smallest absolute Gasteiger partial charge is 0.242 e. The summed E-state index contributed by atoms with van der Waals surface area (Å²) in [6, 6.07) is 10.8. The Hall–Kier alpha value is -2.49. The summed E-state index contributed by atoms with van der Waals surface area (Å²) in [5, 5.41) is 3.59. The highest BCUT2D eigenvalue weighted by molar-refractivity contribution is 7.92. The first kappa shape index (κ1) is 28.7. The van der Waals surface area contributed by atoms with Gasteiger partial charge < -0.3 is 15.0 Å². The van der Waals surface area contributed by atoms with E-state index in [0.717, 1.165) is 6.26 Å². The van der Waals surface area contributed by atoms with Crippen LogP contribution < -0.4 is 14.4 Å². The third kappa shape index (κ3) is 8.30. The van der Waals surface area contributed by atoms with Crippen LogP contribution in [0.25, 0.3) is 0 Å². The van der Waals surface area contributed by atoms with Gasteiger partial charge in [-0.05, 0) is 62.2 Å². The van der Waals surface area contributed by atoms with Crippen LogP contribution in [0.15, 0.2) is 42.5 Å². The Bertz CT molecular complexity index is 1130. The lowest BCUT2D eigenvalue weighted by Gasteiger charge is -2.29. The molecule has 0 fully saturated rings. The van der Waals surface area contributed by atoms with Gasteiger partial charge >= 0.3 is 0 Å². The number of nitrogens with zero attached hydrogens (tertiary/aromatic N) is 2. The average molecular weight is 545 g/mol. The number of likely N-dealkylation sites (N-methyl/N-ethyl adjacent to an activating group) is 1. The van der Waals surface area contributed by atoms with E-state index >= 15 is 0 Å². The molecular formula is C24H31Cl2N3O5S. The van der Waals surface area contributed by atoms with Gasteiger partial charge in [0.2, 0.25) is 21.8 Å². The van der Waals surface area contributed by atoms with Crippen molar-refractivity contribution in [3.8, 4) is 5.75 Å². The maximum Gasteiger partial charge on any atom is 0.242 e. The Balaban J connectivity index is 2.18. The number of hydrogen-bond donors (Lipinski definition) is 1.